The molecule has 1 saturated heterocycles. The number of hydrogen-bond donors (Lipinski definition) is 1. The third-order valence-electron chi connectivity index (χ3n) is 9.33. The Labute approximate surface area is 325 Å². The number of piperidine rings is 1. The van der Waals surface area contributed by atoms with Gasteiger partial charge in [0.1, 0.15) is 16.4 Å². The highest BCUT2D eigenvalue weighted by Gasteiger charge is 2.31. The van der Waals surface area contributed by atoms with Crippen LogP contribution < -0.4 is 14.8 Å². The molecule has 294 valence electrons. The summed E-state index contributed by atoms with van der Waals surface area (Å²) in [7, 11) is 1.58. The molecule has 13 heteroatoms. The highest BCUT2D eigenvalue weighted by Crippen LogP contribution is 2.39. The van der Waals surface area contributed by atoms with Gasteiger partial charge >= 0.3 is 18.5 Å². The minimum Gasteiger partial charge on any atom is -0.444 e. The first-order chi connectivity index (χ1) is 26.0. The molecule has 3 aromatic rings. The molecule has 0 unspecified atom stereocenters. The first-order valence-electron chi connectivity index (χ1n) is 18.3. The number of carbonyl (C=O) groups is 2. The topological polar surface area (TPSA) is 93.2 Å². The van der Waals surface area contributed by atoms with Crippen molar-refractivity contribution in [2.24, 2.45) is 0 Å². The monoisotopic (exact) mass is 780 g/mol. The van der Waals surface area contributed by atoms with E-state index < -0.39 is 24.1 Å². The lowest BCUT2D eigenvalue weighted by molar-refractivity contribution is -0.274. The van der Waals surface area contributed by atoms with Gasteiger partial charge < -0.3 is 24.4 Å². The number of benzene rings is 2. The summed E-state index contributed by atoms with van der Waals surface area (Å²) in [5, 5.41) is 2.89. The van der Waals surface area contributed by atoms with Gasteiger partial charge in [0.05, 0.1) is 5.69 Å². The molecule has 0 saturated carbocycles. The molecule has 1 aliphatic heterocycles. The van der Waals surface area contributed by atoms with Crippen molar-refractivity contribution in [2.45, 2.75) is 78.3 Å². The largest absolute Gasteiger partial charge is 0.573 e. The molecule has 55 heavy (non-hydrogen) atoms. The minimum absolute atomic E-state index is 0.172. The van der Waals surface area contributed by atoms with Crippen LogP contribution >= 0.6 is 11.6 Å². The van der Waals surface area contributed by atoms with Crippen LogP contribution in [0.3, 0.4) is 0 Å². The van der Waals surface area contributed by atoms with Gasteiger partial charge in [0.2, 0.25) is 0 Å². The Kier molecular flexibility index (Phi) is 13.4. The van der Waals surface area contributed by atoms with E-state index in [-0.39, 0.29) is 29.6 Å². The van der Waals surface area contributed by atoms with Crippen molar-refractivity contribution in [3.8, 4) is 11.5 Å². The summed E-state index contributed by atoms with van der Waals surface area (Å²) in [4.78, 5) is 33.6. The maximum atomic E-state index is 13.2. The summed E-state index contributed by atoms with van der Waals surface area (Å²) in [6.07, 6.45) is 4.79. The van der Waals surface area contributed by atoms with Crippen molar-refractivity contribution < 1.29 is 37.0 Å². The summed E-state index contributed by atoms with van der Waals surface area (Å²) in [6.45, 7) is 11.9. The number of carbonyl (C=O) groups excluding carboxylic acids is 2. The van der Waals surface area contributed by atoms with Crippen molar-refractivity contribution in [3.63, 3.8) is 0 Å². The molecule has 1 N–H and O–H groups in total. The third-order valence-corrected chi connectivity index (χ3v) is 9.78. The van der Waals surface area contributed by atoms with Gasteiger partial charge in [0, 0.05) is 37.9 Å². The van der Waals surface area contributed by atoms with E-state index in [0.717, 1.165) is 54.7 Å². The Morgan fingerprint density at radius 2 is 1.58 bits per heavy atom. The molecule has 1 aliphatic carbocycles. The summed E-state index contributed by atoms with van der Waals surface area (Å²) in [5.41, 5.74) is 6.36. The number of nitrogens with zero attached hydrogens (tertiary/aromatic N) is 3. The highest BCUT2D eigenvalue weighted by molar-refractivity contribution is 6.33. The fourth-order valence-corrected chi connectivity index (χ4v) is 6.76. The number of aryl methyl sites for hydroxylation is 2. The third kappa shape index (κ3) is 11.8. The van der Waals surface area contributed by atoms with Crippen LogP contribution in [0.25, 0.3) is 11.1 Å². The number of nitrogens with one attached hydrogen (secondary N) is 1. The molecular weight excluding hydrogens is 733 g/mol. The first-order valence-corrected chi connectivity index (χ1v) is 18.7. The maximum Gasteiger partial charge on any atom is 0.573 e. The molecule has 2 heterocycles. The van der Waals surface area contributed by atoms with E-state index in [1.807, 2.05) is 25.2 Å². The van der Waals surface area contributed by atoms with Crippen LogP contribution in [0.4, 0.5) is 22.8 Å². The molecule has 2 aromatic carbocycles. The van der Waals surface area contributed by atoms with Crippen molar-refractivity contribution in [2.75, 3.05) is 33.2 Å². The highest BCUT2D eigenvalue weighted by atomic mass is 35.5. The van der Waals surface area contributed by atoms with Gasteiger partial charge in [0.15, 0.2) is 5.75 Å². The Hall–Kier alpha value is -4.81. The van der Waals surface area contributed by atoms with Crippen molar-refractivity contribution in [1.29, 1.82) is 0 Å². The Bertz CT molecular complexity index is 1930. The van der Waals surface area contributed by atoms with E-state index in [1.54, 1.807) is 46.9 Å². The molecule has 9 nitrogen and oxygen atoms in total. The molecule has 5 rings (SSSR count). The molecule has 0 bridgehead atoms. The first kappa shape index (κ1) is 41.4. The molecule has 0 atom stereocenters. The average Bonchev–Trinajstić information content (AvgIpc) is 3.36. The van der Waals surface area contributed by atoms with Gasteiger partial charge in [-0.3, -0.25) is 9.88 Å². The Balaban J connectivity index is 1.17. The summed E-state index contributed by atoms with van der Waals surface area (Å²) >= 11 is 6.72. The number of pyridine rings is 1. The molecule has 0 radical (unpaired) electrons. The number of allylic oxidation sites excluding steroid dienone is 6. The smallest absolute Gasteiger partial charge is 0.444 e. The van der Waals surface area contributed by atoms with Crippen LogP contribution in [0.2, 0.25) is 5.02 Å². The SMILES string of the molecule is Cc1nc(C)c(C2=CCC=C(c3ccc(CN4CCC(c5ccc(OC(F)(F)F)cc5)CC4)cc3)C=C2)c(OC(=O)N(C)CCNC(=O)OC(C)(C)C)c1Cl. The summed E-state index contributed by atoms with van der Waals surface area (Å²) in [5.74, 6) is 0.323. The fourth-order valence-electron chi connectivity index (χ4n) is 6.58. The Morgan fingerprint density at radius 3 is 2.22 bits per heavy atom. The fraction of sp³-hybridized carbons (Fsp3) is 0.405. The number of hydrogen-bond acceptors (Lipinski definition) is 7. The van der Waals surface area contributed by atoms with Crippen LogP contribution in [-0.2, 0) is 11.3 Å². The average molecular weight is 781 g/mol. The quantitative estimate of drug-likeness (QED) is 0.219. The second-order valence-corrected chi connectivity index (χ2v) is 15.1. The number of amides is 2. The maximum absolute atomic E-state index is 13.2. The second-order valence-electron chi connectivity index (χ2n) is 14.8. The zero-order chi connectivity index (χ0) is 39.9. The molecule has 2 aliphatic rings. The molecular formula is C42H48ClF3N4O5. The van der Waals surface area contributed by atoms with Crippen molar-refractivity contribution in [3.05, 3.63) is 111 Å². The van der Waals surface area contributed by atoms with Gasteiger partial charge in [-0.05, 0) is 113 Å². The Morgan fingerprint density at radius 1 is 0.945 bits per heavy atom. The molecule has 1 fully saturated rings. The minimum atomic E-state index is -4.70. The molecule has 2 amide bonds. The van der Waals surface area contributed by atoms with Gasteiger partial charge in [-0.2, -0.15) is 0 Å². The number of likely N-dealkylation sites (tertiary alicyclic amines) is 1. The normalized spacial score (nSPS) is 15.5. The van der Waals surface area contributed by atoms with Crippen LogP contribution in [0.15, 0.2) is 72.8 Å². The van der Waals surface area contributed by atoms with E-state index >= 15 is 0 Å². The van der Waals surface area contributed by atoms with Gasteiger partial charge in [-0.25, -0.2) is 9.59 Å². The predicted molar refractivity (Wildman–Crippen MR) is 208 cm³/mol. The van der Waals surface area contributed by atoms with Gasteiger partial charge in [-0.15, -0.1) is 13.2 Å². The summed E-state index contributed by atoms with van der Waals surface area (Å²) < 4.78 is 52.7. The van der Waals surface area contributed by atoms with Crippen molar-refractivity contribution in [1.82, 2.24) is 20.1 Å². The number of rotatable bonds is 10. The van der Waals surface area contributed by atoms with E-state index in [0.29, 0.717) is 29.3 Å². The standard InChI is InChI=1S/C42H48ClF3N4O5/c1-27-36(38(37(43)28(2)48-27)53-40(52)49(6)25-22-47-39(51)55-41(3,4)5)34-9-7-8-30(14-15-34)31-12-10-29(11-13-31)26-50-23-20-33(21-24-50)32-16-18-35(19-17-32)54-42(44,45)46/h8-19,33H,7,20-26H2,1-6H3,(H,47,51). The van der Waals surface area contributed by atoms with Crippen LogP contribution in [0, 0.1) is 13.8 Å². The lowest BCUT2D eigenvalue weighted by Gasteiger charge is -2.32. The zero-order valence-electron chi connectivity index (χ0n) is 32.1. The van der Waals surface area contributed by atoms with E-state index in [4.69, 9.17) is 21.1 Å². The van der Waals surface area contributed by atoms with Crippen LogP contribution in [0.5, 0.6) is 11.5 Å². The van der Waals surface area contributed by atoms with Crippen LogP contribution in [-0.4, -0.2) is 72.2 Å². The number of alkyl carbamates (subject to hydrolysis) is 1. The van der Waals surface area contributed by atoms with Gasteiger partial charge in [-0.1, -0.05) is 72.3 Å². The molecule has 0 spiro atoms. The number of likely N-dealkylation sites (N-methyl/N-ethyl adjacent to an activating group) is 1. The number of ether oxygens (including phenoxy) is 3. The van der Waals surface area contributed by atoms with E-state index in [2.05, 4.69) is 50.3 Å². The zero-order valence-corrected chi connectivity index (χ0v) is 32.8. The van der Waals surface area contributed by atoms with Crippen molar-refractivity contribution >= 4 is 34.9 Å². The van der Waals surface area contributed by atoms with E-state index in [1.165, 1.54) is 22.6 Å². The number of halogens is 4. The van der Waals surface area contributed by atoms with E-state index in [9.17, 15) is 22.8 Å². The second kappa shape index (κ2) is 17.8. The van der Waals surface area contributed by atoms with Crippen LogP contribution in [0.1, 0.15) is 79.6 Å². The van der Waals surface area contributed by atoms with Gasteiger partial charge in [0.25, 0.3) is 0 Å². The molecule has 1 aromatic heterocycles. The number of alkyl halides is 3. The lowest BCUT2D eigenvalue weighted by Crippen LogP contribution is -2.39. The number of aromatic nitrogens is 1. The predicted octanol–water partition coefficient (Wildman–Crippen LogP) is 10.0. The lowest BCUT2D eigenvalue weighted by atomic mass is 9.89. The summed E-state index contributed by atoms with van der Waals surface area (Å²) in [6, 6.07) is 14.7.